The molecule has 1 aromatic rings. The van der Waals surface area contributed by atoms with Gasteiger partial charge in [0.2, 0.25) is 5.36 Å². The summed E-state index contributed by atoms with van der Waals surface area (Å²) in [6.45, 7) is 13.0. The van der Waals surface area contributed by atoms with E-state index < -0.39 is 5.60 Å². The summed E-state index contributed by atoms with van der Waals surface area (Å²) in [5.74, 6) is 0. The van der Waals surface area contributed by atoms with Crippen molar-refractivity contribution in [2.24, 2.45) is 0 Å². The van der Waals surface area contributed by atoms with Gasteiger partial charge in [-0.2, -0.15) is 0 Å². The lowest BCUT2D eigenvalue weighted by molar-refractivity contribution is -0.0000529. The summed E-state index contributed by atoms with van der Waals surface area (Å²) < 4.78 is 9.11. The highest BCUT2D eigenvalue weighted by molar-refractivity contribution is 14.0. The number of carbonyl (C=O) groups is 1. The number of piperazine rings is 1. The van der Waals surface area contributed by atoms with E-state index in [-0.39, 0.29) is 78.0 Å². The van der Waals surface area contributed by atoms with Crippen molar-refractivity contribution in [1.82, 2.24) is 14.5 Å². The van der Waals surface area contributed by atoms with Gasteiger partial charge in [0.05, 0.1) is 33.9 Å². The first-order valence-electron chi connectivity index (χ1n) is 10.6. The van der Waals surface area contributed by atoms with Crippen molar-refractivity contribution >= 4 is 75.6 Å². The third-order valence-electron chi connectivity index (χ3n) is 5.46. The second-order valence-corrected chi connectivity index (χ2v) is 9.98. The highest BCUT2D eigenvalue weighted by Gasteiger charge is 2.28. The van der Waals surface area contributed by atoms with E-state index in [0.717, 1.165) is 30.7 Å². The number of ether oxygens (including phenoxy) is 1. The molecule has 2 aliphatic heterocycles. The number of rotatable bonds is 1. The standard InChI is InChI=1S/C24H30N3O2S.3HI/c1-6-17-14-18(26-10-12-27(13-11-26)23(28)29-24(3,4)5)15-20-22(17)25-21-16(2)8-7-9-19(21)30-20;;;/h7-9,14-15H,6,10-13H2,1-5H3;3*1H/q+1;;;/p-1. The summed E-state index contributed by atoms with van der Waals surface area (Å²) >= 11 is 1.81. The molecular weight excluding hydrogens is 775 g/mol. The second kappa shape index (κ2) is 12.6. The Morgan fingerprint density at radius 2 is 1.85 bits per heavy atom. The Morgan fingerprint density at radius 1 is 1.18 bits per heavy atom. The highest BCUT2D eigenvalue weighted by atomic mass is 127. The predicted molar refractivity (Wildman–Crippen MR) is 154 cm³/mol. The van der Waals surface area contributed by atoms with Crippen molar-refractivity contribution < 1.29 is 33.5 Å². The average molecular weight is 807 g/mol. The molecule has 2 heterocycles. The van der Waals surface area contributed by atoms with Gasteiger partial charge in [0.1, 0.15) is 5.60 Å². The number of halogens is 3. The topological polar surface area (TPSA) is 45.4 Å². The maximum Gasteiger partial charge on any atom is 0.410 e. The molecule has 1 fully saturated rings. The van der Waals surface area contributed by atoms with Crippen molar-refractivity contribution in [2.45, 2.75) is 46.6 Å². The molecule has 0 aromatic heterocycles. The number of benzene rings is 2. The van der Waals surface area contributed by atoms with Crippen LogP contribution in [0.1, 0.15) is 38.8 Å². The molecule has 1 aliphatic carbocycles. The van der Waals surface area contributed by atoms with Gasteiger partial charge in [0, 0.05) is 12.1 Å². The Kier molecular flexibility index (Phi) is 11.8. The fourth-order valence-corrected chi connectivity index (χ4v) is 5.01. The van der Waals surface area contributed by atoms with Crippen LogP contribution >= 0.6 is 59.3 Å². The minimum absolute atomic E-state index is 0. The van der Waals surface area contributed by atoms with Crippen LogP contribution in [0.5, 0.6) is 0 Å². The minimum atomic E-state index is -0.460. The average Bonchev–Trinajstić information content (AvgIpc) is 2.71. The molecule has 3 aliphatic rings. The lowest BCUT2D eigenvalue weighted by atomic mass is 10.1. The van der Waals surface area contributed by atoms with Crippen molar-refractivity contribution in [1.29, 1.82) is 0 Å². The number of hydrogen-bond donors (Lipinski definition) is 0. The molecule has 0 saturated carbocycles. The van der Waals surface area contributed by atoms with Crippen molar-refractivity contribution in [3.63, 3.8) is 0 Å². The molecule has 33 heavy (non-hydrogen) atoms. The summed E-state index contributed by atoms with van der Waals surface area (Å²) in [5.41, 5.74) is 4.25. The molecule has 0 unspecified atom stereocenters. The molecule has 0 N–H and O–H groups in total. The Hall–Kier alpha value is -0.280. The van der Waals surface area contributed by atoms with Gasteiger partial charge in [-0.15, -0.1) is 59.3 Å². The van der Waals surface area contributed by atoms with Gasteiger partial charge in [-0.25, -0.2) is 14.4 Å². The van der Waals surface area contributed by atoms with Gasteiger partial charge in [-0.1, -0.05) is 19.1 Å². The number of amides is 1. The number of aryl methyl sites for hydroxylation is 2. The summed E-state index contributed by atoms with van der Waals surface area (Å²) in [7, 11) is 0. The van der Waals surface area contributed by atoms with Crippen LogP contribution in [-0.2, 0) is 11.2 Å². The van der Waals surface area contributed by atoms with Crippen LogP contribution in [0.3, 0.4) is 0 Å². The number of hydrogen-bond acceptors (Lipinski definition) is 4. The number of fused-ring (bicyclic) bond motifs is 2. The zero-order valence-electron chi connectivity index (χ0n) is 19.7. The summed E-state index contributed by atoms with van der Waals surface area (Å²) in [6.07, 6.45) is 0.724. The molecule has 0 radical (unpaired) electrons. The largest absolute Gasteiger partial charge is 1.00 e. The number of aromatic nitrogens is 1. The van der Waals surface area contributed by atoms with Crippen LogP contribution in [0, 0.1) is 6.92 Å². The first-order chi connectivity index (χ1) is 14.2. The molecule has 0 bridgehead atoms. The van der Waals surface area contributed by atoms with E-state index in [1.54, 1.807) is 0 Å². The van der Waals surface area contributed by atoms with Crippen LogP contribution < -0.4 is 33.9 Å². The normalized spacial score (nSPS) is 13.7. The first kappa shape index (κ1) is 30.8. The van der Waals surface area contributed by atoms with Crippen LogP contribution in [0.15, 0.2) is 30.3 Å². The van der Waals surface area contributed by atoms with Crippen LogP contribution in [0.25, 0.3) is 20.8 Å². The number of nitrogens with zero attached hydrogens (tertiary/aromatic N) is 3. The molecule has 182 valence electrons. The van der Waals surface area contributed by atoms with Crippen molar-refractivity contribution in [3.05, 3.63) is 46.8 Å². The zero-order chi connectivity index (χ0) is 21.5. The Bertz CT molecular complexity index is 1150. The van der Waals surface area contributed by atoms with E-state index in [2.05, 4.69) is 48.8 Å². The van der Waals surface area contributed by atoms with Crippen molar-refractivity contribution in [3.8, 4) is 10.6 Å². The predicted octanol–water partition coefficient (Wildman–Crippen LogP) is 2.53. The summed E-state index contributed by atoms with van der Waals surface area (Å²) in [6, 6.07) is 10.9. The van der Waals surface area contributed by atoms with Gasteiger partial charge >= 0.3 is 6.09 Å². The van der Waals surface area contributed by atoms with E-state index in [0.29, 0.717) is 13.1 Å². The molecule has 1 aromatic carbocycles. The zero-order valence-corrected chi connectivity index (χ0v) is 27.3. The number of para-hydroxylation sites is 1. The van der Waals surface area contributed by atoms with Crippen LogP contribution in [0.4, 0.5) is 4.79 Å². The fourth-order valence-electron chi connectivity index (χ4n) is 3.87. The van der Waals surface area contributed by atoms with Gasteiger partial charge < -0.3 is 28.7 Å². The SMILES string of the molecule is CCc1cc(=[N+]2CCN(C(=O)OC(C)(C)C)CC2)cc2sc3cccc(C)c3nc1-2.I.I.[I-]. The lowest BCUT2D eigenvalue weighted by Gasteiger charge is -2.28. The molecule has 4 rings (SSSR count). The van der Waals surface area contributed by atoms with Crippen LogP contribution in [0.2, 0.25) is 0 Å². The molecule has 9 heteroatoms. The summed E-state index contributed by atoms with van der Waals surface area (Å²) in [4.78, 5) is 20.4. The quantitative estimate of drug-likeness (QED) is 0.216. The maximum atomic E-state index is 12.4. The fraction of sp³-hybridized carbons (Fsp3) is 0.458. The summed E-state index contributed by atoms with van der Waals surface area (Å²) in [5, 5.41) is 1.22. The monoisotopic (exact) mass is 807 g/mol. The lowest BCUT2D eigenvalue weighted by Crippen LogP contribution is -3.00. The molecular formula is C24H32I3N3O2S. The van der Waals surface area contributed by atoms with Crippen LogP contribution in [-0.4, -0.2) is 47.8 Å². The molecule has 0 spiro atoms. The molecule has 1 amide bonds. The van der Waals surface area contributed by atoms with Gasteiger partial charge in [0.25, 0.3) is 0 Å². The third-order valence-corrected chi connectivity index (χ3v) is 6.54. The van der Waals surface area contributed by atoms with E-state index in [1.807, 2.05) is 37.0 Å². The second-order valence-electron chi connectivity index (χ2n) is 8.90. The first-order valence-corrected chi connectivity index (χ1v) is 11.5. The Morgan fingerprint density at radius 3 is 2.45 bits per heavy atom. The molecule has 5 nitrogen and oxygen atoms in total. The van der Waals surface area contributed by atoms with E-state index >= 15 is 0 Å². The maximum absolute atomic E-state index is 12.4. The van der Waals surface area contributed by atoms with E-state index in [4.69, 9.17) is 9.72 Å². The Labute approximate surface area is 251 Å². The van der Waals surface area contributed by atoms with Gasteiger partial charge in [-0.3, -0.25) is 4.90 Å². The highest BCUT2D eigenvalue weighted by Crippen LogP contribution is 2.33. The van der Waals surface area contributed by atoms with Gasteiger partial charge in [0.15, 0.2) is 13.1 Å². The van der Waals surface area contributed by atoms with E-state index in [9.17, 15) is 4.79 Å². The smallest absolute Gasteiger partial charge is 0.410 e. The number of carbonyl (C=O) groups excluding carboxylic acids is 1. The third kappa shape index (κ3) is 7.12. The van der Waals surface area contributed by atoms with E-state index in [1.165, 1.54) is 26.1 Å². The van der Waals surface area contributed by atoms with Crippen molar-refractivity contribution in [2.75, 3.05) is 26.2 Å². The van der Waals surface area contributed by atoms with Gasteiger partial charge in [-0.05, 0) is 51.3 Å². The minimum Gasteiger partial charge on any atom is -1.00 e. The molecule has 0 atom stereocenters. The Balaban J connectivity index is 0.00000181. The molecule has 1 saturated heterocycles.